The number of hydrogen-bond acceptors (Lipinski definition) is 7. The minimum Gasteiger partial charge on any atom is -0.420 e. The summed E-state index contributed by atoms with van der Waals surface area (Å²) in [5.41, 5.74) is 9.10. The molecule has 34 heavy (non-hydrogen) atoms. The summed E-state index contributed by atoms with van der Waals surface area (Å²) >= 11 is 3.45. The Bertz CT molecular complexity index is 1310. The number of para-hydroxylation sites is 1. The normalized spacial score (nSPS) is 17.5. The van der Waals surface area contributed by atoms with Crippen LogP contribution in [0.15, 0.2) is 64.5 Å². The van der Waals surface area contributed by atoms with Crippen molar-refractivity contribution in [2.24, 2.45) is 5.73 Å². The van der Waals surface area contributed by atoms with Crippen LogP contribution in [0, 0.1) is 11.3 Å². The van der Waals surface area contributed by atoms with Gasteiger partial charge >= 0.3 is 6.09 Å². The summed E-state index contributed by atoms with van der Waals surface area (Å²) in [7, 11) is 0. The number of rotatable bonds is 3. The zero-order chi connectivity index (χ0) is 23.7. The third-order valence-corrected chi connectivity index (χ3v) is 6.30. The first-order valence-electron chi connectivity index (χ1n) is 10.6. The summed E-state index contributed by atoms with van der Waals surface area (Å²) in [6, 6.07) is 17.0. The van der Waals surface area contributed by atoms with Crippen LogP contribution >= 0.6 is 15.9 Å². The highest BCUT2D eigenvalue weighted by molar-refractivity contribution is 9.10. The first kappa shape index (κ1) is 22.0. The Morgan fingerprint density at radius 2 is 1.94 bits per heavy atom. The largest absolute Gasteiger partial charge is 0.420 e. The van der Waals surface area contributed by atoms with Crippen molar-refractivity contribution in [1.82, 2.24) is 15.1 Å². The number of nitrogens with one attached hydrogen (secondary N) is 1. The summed E-state index contributed by atoms with van der Waals surface area (Å²) in [6.07, 6.45) is -0.473. The van der Waals surface area contributed by atoms with Gasteiger partial charge in [-0.2, -0.15) is 5.26 Å². The van der Waals surface area contributed by atoms with Crippen LogP contribution < -0.4 is 15.2 Å². The second kappa shape index (κ2) is 9.21. The summed E-state index contributed by atoms with van der Waals surface area (Å²) in [5.74, 6) is -0.0860. The molecule has 1 saturated heterocycles. The number of carbonyl (C=O) groups excluding carboxylic acids is 1. The standard InChI is InChI=1S/C24H20BrN5O4/c25-15-7-5-14(6-8-15)21-20-19(17(13-26)22(27)34-23(20)29-28-21)16-3-1-2-4-18(16)33-24(31)30-9-11-32-12-10-30/h1-8,19H,9-12,27H2,(H,28,29)/t19-/m1/s1. The van der Waals surface area contributed by atoms with E-state index in [2.05, 4.69) is 32.2 Å². The van der Waals surface area contributed by atoms with Crippen molar-refractivity contribution >= 4 is 22.0 Å². The number of ether oxygens (including phenoxy) is 3. The van der Waals surface area contributed by atoms with Crippen LogP contribution in [0.4, 0.5) is 4.79 Å². The smallest absolute Gasteiger partial charge is 0.415 e. The van der Waals surface area contributed by atoms with Gasteiger partial charge in [-0.05, 0) is 18.2 Å². The molecule has 0 radical (unpaired) electrons. The molecule has 2 aromatic carbocycles. The van der Waals surface area contributed by atoms with E-state index in [-0.39, 0.29) is 17.3 Å². The van der Waals surface area contributed by atoms with Gasteiger partial charge < -0.3 is 24.8 Å². The van der Waals surface area contributed by atoms with E-state index in [1.807, 2.05) is 36.4 Å². The molecule has 10 heteroatoms. The lowest BCUT2D eigenvalue weighted by Gasteiger charge is -2.28. The molecular weight excluding hydrogens is 502 g/mol. The van der Waals surface area contributed by atoms with Crippen molar-refractivity contribution in [3.8, 4) is 29.0 Å². The van der Waals surface area contributed by atoms with Gasteiger partial charge in [0.1, 0.15) is 17.4 Å². The fourth-order valence-electron chi connectivity index (χ4n) is 4.11. The molecule has 3 aromatic rings. The lowest BCUT2D eigenvalue weighted by atomic mass is 9.82. The number of nitrogens with two attached hydrogens (primary N) is 1. The minimum atomic E-state index is -0.653. The highest BCUT2D eigenvalue weighted by atomic mass is 79.9. The average molecular weight is 522 g/mol. The van der Waals surface area contributed by atoms with Crippen molar-refractivity contribution in [2.45, 2.75) is 5.92 Å². The van der Waals surface area contributed by atoms with Crippen molar-refractivity contribution in [2.75, 3.05) is 26.3 Å². The molecule has 1 amide bonds. The van der Waals surface area contributed by atoms with Gasteiger partial charge in [0.2, 0.25) is 11.8 Å². The van der Waals surface area contributed by atoms with E-state index >= 15 is 0 Å². The quantitative estimate of drug-likeness (QED) is 0.535. The van der Waals surface area contributed by atoms with Crippen LogP contribution in [0.5, 0.6) is 11.6 Å². The number of aromatic amines is 1. The molecule has 172 valence electrons. The van der Waals surface area contributed by atoms with E-state index in [1.54, 1.807) is 17.0 Å². The predicted octanol–water partition coefficient (Wildman–Crippen LogP) is 3.89. The van der Waals surface area contributed by atoms with E-state index in [0.717, 1.165) is 10.0 Å². The number of carbonyl (C=O) groups is 1. The number of morpholine rings is 1. The molecule has 0 saturated carbocycles. The maximum Gasteiger partial charge on any atom is 0.415 e. The van der Waals surface area contributed by atoms with Crippen LogP contribution in [0.2, 0.25) is 0 Å². The lowest BCUT2D eigenvalue weighted by molar-refractivity contribution is 0.0415. The van der Waals surface area contributed by atoms with E-state index < -0.39 is 12.0 Å². The highest BCUT2D eigenvalue weighted by Gasteiger charge is 2.37. The Labute approximate surface area is 203 Å². The van der Waals surface area contributed by atoms with Crippen LogP contribution in [-0.4, -0.2) is 47.5 Å². The highest BCUT2D eigenvalue weighted by Crippen LogP contribution is 2.47. The summed E-state index contributed by atoms with van der Waals surface area (Å²) < 4.78 is 17.7. The summed E-state index contributed by atoms with van der Waals surface area (Å²) in [4.78, 5) is 14.4. The minimum absolute atomic E-state index is 0.0387. The molecule has 2 aliphatic heterocycles. The Morgan fingerprint density at radius 1 is 1.21 bits per heavy atom. The molecule has 2 aliphatic rings. The molecule has 0 bridgehead atoms. The van der Waals surface area contributed by atoms with Gasteiger partial charge in [0.05, 0.1) is 30.4 Å². The third-order valence-electron chi connectivity index (χ3n) is 5.77. The van der Waals surface area contributed by atoms with Crippen LogP contribution in [0.25, 0.3) is 11.3 Å². The molecule has 1 aromatic heterocycles. The zero-order valence-corrected chi connectivity index (χ0v) is 19.5. The number of aromatic nitrogens is 2. The number of hydrogen-bond donors (Lipinski definition) is 2. The number of amides is 1. The van der Waals surface area contributed by atoms with Crippen LogP contribution in [-0.2, 0) is 4.74 Å². The van der Waals surface area contributed by atoms with Crippen molar-refractivity contribution < 1.29 is 19.0 Å². The fourth-order valence-corrected chi connectivity index (χ4v) is 4.37. The van der Waals surface area contributed by atoms with E-state index in [9.17, 15) is 10.1 Å². The average Bonchev–Trinajstić information content (AvgIpc) is 3.28. The van der Waals surface area contributed by atoms with E-state index in [1.165, 1.54) is 0 Å². The second-order valence-corrected chi connectivity index (χ2v) is 8.67. The molecule has 0 aliphatic carbocycles. The van der Waals surface area contributed by atoms with Gasteiger partial charge in [-0.1, -0.05) is 46.3 Å². The first-order chi connectivity index (χ1) is 16.6. The van der Waals surface area contributed by atoms with Gasteiger partial charge in [0, 0.05) is 28.7 Å². The number of allylic oxidation sites excluding steroid dienone is 1. The number of nitrogens with zero attached hydrogens (tertiary/aromatic N) is 3. The van der Waals surface area contributed by atoms with Crippen molar-refractivity contribution in [1.29, 1.82) is 5.26 Å². The molecule has 1 atom stereocenters. The molecule has 5 rings (SSSR count). The fraction of sp³-hybridized carbons (Fsp3) is 0.208. The van der Waals surface area contributed by atoms with Crippen molar-refractivity contribution in [3.63, 3.8) is 0 Å². The predicted molar refractivity (Wildman–Crippen MR) is 126 cm³/mol. The Balaban J connectivity index is 1.60. The van der Waals surface area contributed by atoms with Gasteiger partial charge in [-0.3, -0.25) is 5.10 Å². The van der Waals surface area contributed by atoms with Crippen molar-refractivity contribution in [3.05, 3.63) is 75.6 Å². The third kappa shape index (κ3) is 4.00. The number of halogens is 1. The molecular formula is C24H20BrN5O4. The Morgan fingerprint density at radius 3 is 2.68 bits per heavy atom. The van der Waals surface area contributed by atoms with Gasteiger partial charge in [-0.25, -0.2) is 4.79 Å². The molecule has 1 fully saturated rings. The van der Waals surface area contributed by atoms with E-state index in [4.69, 9.17) is 19.9 Å². The number of benzene rings is 2. The summed E-state index contributed by atoms with van der Waals surface area (Å²) in [5, 5.41) is 17.3. The zero-order valence-electron chi connectivity index (χ0n) is 18.0. The monoisotopic (exact) mass is 521 g/mol. The molecule has 0 spiro atoms. The first-order valence-corrected chi connectivity index (χ1v) is 11.4. The summed E-state index contributed by atoms with van der Waals surface area (Å²) in [6.45, 7) is 1.83. The SMILES string of the molecule is N#CC1=C(N)Oc2n[nH]c(-c3ccc(Br)cc3)c2[C@@H]1c1ccccc1OC(=O)N1CCOCC1. The number of fused-ring (bicyclic) bond motifs is 1. The van der Waals surface area contributed by atoms with Crippen LogP contribution in [0.3, 0.4) is 0 Å². The molecule has 9 nitrogen and oxygen atoms in total. The Hall–Kier alpha value is -3.81. The van der Waals surface area contributed by atoms with Gasteiger partial charge in [0.25, 0.3) is 0 Å². The lowest BCUT2D eigenvalue weighted by Crippen LogP contribution is -2.42. The topological polar surface area (TPSA) is 126 Å². The molecule has 0 unspecified atom stereocenters. The number of H-pyrrole nitrogens is 1. The van der Waals surface area contributed by atoms with E-state index in [0.29, 0.717) is 48.9 Å². The second-order valence-electron chi connectivity index (χ2n) is 7.75. The maximum absolute atomic E-state index is 12.8. The van der Waals surface area contributed by atoms with Crippen LogP contribution in [0.1, 0.15) is 17.0 Å². The van der Waals surface area contributed by atoms with Gasteiger partial charge in [0.15, 0.2) is 0 Å². The van der Waals surface area contributed by atoms with Gasteiger partial charge in [-0.15, -0.1) is 5.10 Å². The number of nitriles is 1. The maximum atomic E-state index is 12.8. The molecule has 3 heterocycles. The Kier molecular flexibility index (Phi) is 5.96. The molecule has 3 N–H and O–H groups in total.